The van der Waals surface area contributed by atoms with Gasteiger partial charge in [-0.1, -0.05) is 18.2 Å². The second-order valence-corrected chi connectivity index (χ2v) is 6.12. The molecule has 5 nitrogen and oxygen atoms in total. The third kappa shape index (κ3) is 2.62. The fourth-order valence-corrected chi connectivity index (χ4v) is 2.98. The molecule has 24 heavy (non-hydrogen) atoms. The van der Waals surface area contributed by atoms with E-state index < -0.39 is 0 Å². The molecule has 0 atom stereocenters. The maximum atomic E-state index is 12.4. The largest absolute Gasteiger partial charge is 0.471 e. The summed E-state index contributed by atoms with van der Waals surface area (Å²) in [5.41, 5.74) is 1.54. The Morgan fingerprint density at radius 1 is 1.21 bits per heavy atom. The highest BCUT2D eigenvalue weighted by molar-refractivity contribution is 5.95. The Morgan fingerprint density at radius 2 is 2.00 bits per heavy atom. The third-order valence-electron chi connectivity index (χ3n) is 4.27. The minimum atomic E-state index is -0.0177. The highest BCUT2D eigenvalue weighted by Gasteiger charge is 2.34. The van der Waals surface area contributed by atoms with Gasteiger partial charge in [0.25, 0.3) is 5.91 Å². The lowest BCUT2D eigenvalue weighted by Gasteiger charge is -2.38. The molecular weight excluding hydrogens is 304 g/mol. The van der Waals surface area contributed by atoms with Crippen molar-refractivity contribution in [1.82, 2.24) is 9.88 Å². The van der Waals surface area contributed by atoms with Gasteiger partial charge >= 0.3 is 0 Å². The Balaban J connectivity index is 1.40. The van der Waals surface area contributed by atoms with Crippen LogP contribution in [-0.4, -0.2) is 35.0 Å². The number of hydrogen-bond acceptors (Lipinski definition) is 4. The van der Waals surface area contributed by atoms with Crippen LogP contribution in [0.2, 0.25) is 0 Å². The molecule has 1 aromatic carbocycles. The zero-order valence-corrected chi connectivity index (χ0v) is 13.7. The van der Waals surface area contributed by atoms with E-state index in [0.29, 0.717) is 30.3 Å². The Bertz CT molecular complexity index is 910. The number of carbonyl (C=O) groups is 1. The van der Waals surface area contributed by atoms with Crippen LogP contribution in [0.4, 0.5) is 0 Å². The SMILES string of the molecule is Cc1cc(C(=O)N2CC(Oc3ccc4ccccc4n3)C2)c(C)o1. The Morgan fingerprint density at radius 3 is 2.75 bits per heavy atom. The number of ether oxygens (including phenoxy) is 1. The number of benzene rings is 1. The number of carbonyl (C=O) groups excluding carboxylic acids is 1. The summed E-state index contributed by atoms with van der Waals surface area (Å²) in [4.78, 5) is 18.7. The molecule has 0 unspecified atom stereocenters. The fourth-order valence-electron chi connectivity index (χ4n) is 2.98. The van der Waals surface area contributed by atoms with Crippen molar-refractivity contribution in [2.75, 3.05) is 13.1 Å². The van der Waals surface area contributed by atoms with Gasteiger partial charge < -0.3 is 14.1 Å². The first-order valence-corrected chi connectivity index (χ1v) is 7.99. The van der Waals surface area contributed by atoms with E-state index in [1.54, 1.807) is 11.0 Å². The Hall–Kier alpha value is -2.82. The molecule has 0 spiro atoms. The van der Waals surface area contributed by atoms with Crippen LogP contribution >= 0.6 is 0 Å². The third-order valence-corrected chi connectivity index (χ3v) is 4.27. The molecule has 1 aliphatic rings. The molecule has 0 aliphatic carbocycles. The number of nitrogens with zero attached hydrogens (tertiary/aromatic N) is 2. The number of furan rings is 1. The standard InChI is InChI=1S/C19H18N2O3/c1-12-9-16(13(2)23-12)19(22)21-10-15(11-21)24-18-8-7-14-5-3-4-6-17(14)20-18/h3-9,15H,10-11H2,1-2H3. The number of amides is 1. The van der Waals surface area contributed by atoms with Crippen molar-refractivity contribution in [2.45, 2.75) is 20.0 Å². The monoisotopic (exact) mass is 322 g/mol. The topological polar surface area (TPSA) is 55.6 Å². The molecule has 1 fully saturated rings. The van der Waals surface area contributed by atoms with Gasteiger partial charge in [-0.25, -0.2) is 4.98 Å². The second-order valence-electron chi connectivity index (χ2n) is 6.12. The van der Waals surface area contributed by atoms with Gasteiger partial charge in [0.2, 0.25) is 5.88 Å². The van der Waals surface area contributed by atoms with E-state index in [1.807, 2.05) is 50.2 Å². The molecular formula is C19H18N2O3. The molecule has 1 aliphatic heterocycles. The first kappa shape index (κ1) is 14.8. The van der Waals surface area contributed by atoms with E-state index >= 15 is 0 Å². The van der Waals surface area contributed by atoms with Gasteiger partial charge in [0, 0.05) is 11.5 Å². The second kappa shape index (κ2) is 5.67. The van der Waals surface area contributed by atoms with E-state index in [4.69, 9.17) is 9.15 Å². The molecule has 0 radical (unpaired) electrons. The lowest BCUT2D eigenvalue weighted by atomic mass is 10.1. The van der Waals surface area contributed by atoms with Crippen molar-refractivity contribution in [3.8, 4) is 5.88 Å². The van der Waals surface area contributed by atoms with Gasteiger partial charge in [0.05, 0.1) is 24.2 Å². The van der Waals surface area contributed by atoms with Crippen LogP contribution in [0.15, 0.2) is 46.9 Å². The van der Waals surface area contributed by atoms with Crippen LogP contribution < -0.4 is 4.74 Å². The molecule has 2 aromatic heterocycles. The van der Waals surface area contributed by atoms with Crippen LogP contribution in [0.25, 0.3) is 10.9 Å². The summed E-state index contributed by atoms with van der Waals surface area (Å²) in [5, 5.41) is 1.08. The van der Waals surface area contributed by atoms with Crippen LogP contribution in [0, 0.1) is 13.8 Å². The number of hydrogen-bond donors (Lipinski definition) is 0. The fraction of sp³-hybridized carbons (Fsp3) is 0.263. The average Bonchev–Trinajstić information content (AvgIpc) is 2.88. The summed E-state index contributed by atoms with van der Waals surface area (Å²) in [6.07, 6.45) is -0.0177. The molecule has 0 bridgehead atoms. The van der Waals surface area contributed by atoms with Gasteiger partial charge in [-0.2, -0.15) is 0 Å². The molecule has 0 N–H and O–H groups in total. The lowest BCUT2D eigenvalue weighted by Crippen LogP contribution is -2.56. The summed E-state index contributed by atoms with van der Waals surface area (Å²) in [6.45, 7) is 4.79. The smallest absolute Gasteiger partial charge is 0.257 e. The van der Waals surface area contributed by atoms with E-state index in [-0.39, 0.29) is 12.0 Å². The molecule has 3 aromatic rings. The van der Waals surface area contributed by atoms with Gasteiger partial charge in [0.15, 0.2) is 0 Å². The van der Waals surface area contributed by atoms with Crippen molar-refractivity contribution in [2.24, 2.45) is 0 Å². The summed E-state index contributed by atoms with van der Waals surface area (Å²) < 4.78 is 11.3. The van der Waals surface area contributed by atoms with Crippen molar-refractivity contribution >= 4 is 16.8 Å². The normalized spacial score (nSPS) is 14.7. The Labute approximate surface area is 139 Å². The zero-order chi connectivity index (χ0) is 16.7. The number of likely N-dealkylation sites (tertiary alicyclic amines) is 1. The average molecular weight is 322 g/mol. The minimum Gasteiger partial charge on any atom is -0.471 e. The number of pyridine rings is 1. The summed E-state index contributed by atoms with van der Waals surface area (Å²) >= 11 is 0. The molecule has 1 amide bonds. The molecule has 5 heteroatoms. The number of para-hydroxylation sites is 1. The molecule has 1 saturated heterocycles. The number of aryl methyl sites for hydroxylation is 2. The summed E-state index contributed by atoms with van der Waals surface area (Å²) in [5.74, 6) is 2.01. The lowest BCUT2D eigenvalue weighted by molar-refractivity contribution is 0.0160. The van der Waals surface area contributed by atoms with E-state index in [9.17, 15) is 4.79 Å². The van der Waals surface area contributed by atoms with Crippen LogP contribution in [0.5, 0.6) is 5.88 Å². The molecule has 4 rings (SSSR count). The van der Waals surface area contributed by atoms with E-state index in [0.717, 1.165) is 16.7 Å². The zero-order valence-electron chi connectivity index (χ0n) is 13.7. The van der Waals surface area contributed by atoms with Crippen molar-refractivity contribution in [3.05, 3.63) is 59.5 Å². The first-order chi connectivity index (χ1) is 11.6. The van der Waals surface area contributed by atoms with Crippen molar-refractivity contribution in [3.63, 3.8) is 0 Å². The highest BCUT2D eigenvalue weighted by Crippen LogP contribution is 2.23. The maximum absolute atomic E-state index is 12.4. The molecule has 0 saturated carbocycles. The van der Waals surface area contributed by atoms with Gasteiger partial charge in [-0.3, -0.25) is 4.79 Å². The van der Waals surface area contributed by atoms with E-state index in [2.05, 4.69) is 4.98 Å². The minimum absolute atomic E-state index is 0.00401. The van der Waals surface area contributed by atoms with Crippen molar-refractivity contribution in [1.29, 1.82) is 0 Å². The van der Waals surface area contributed by atoms with Gasteiger partial charge in [-0.15, -0.1) is 0 Å². The maximum Gasteiger partial charge on any atom is 0.257 e. The van der Waals surface area contributed by atoms with Crippen LogP contribution in [-0.2, 0) is 0 Å². The summed E-state index contributed by atoms with van der Waals surface area (Å²) in [7, 11) is 0. The first-order valence-electron chi connectivity index (χ1n) is 7.99. The summed E-state index contributed by atoms with van der Waals surface area (Å²) in [6, 6.07) is 13.6. The van der Waals surface area contributed by atoms with Gasteiger partial charge in [-0.05, 0) is 32.0 Å². The predicted molar refractivity (Wildman–Crippen MR) is 90.2 cm³/mol. The Kier molecular flexibility index (Phi) is 3.49. The number of rotatable bonds is 3. The van der Waals surface area contributed by atoms with Gasteiger partial charge in [0.1, 0.15) is 17.6 Å². The molecule has 122 valence electrons. The van der Waals surface area contributed by atoms with Crippen LogP contribution in [0.1, 0.15) is 21.9 Å². The van der Waals surface area contributed by atoms with Crippen LogP contribution in [0.3, 0.4) is 0 Å². The van der Waals surface area contributed by atoms with Crippen molar-refractivity contribution < 1.29 is 13.9 Å². The highest BCUT2D eigenvalue weighted by atomic mass is 16.5. The molecule has 3 heterocycles. The quantitative estimate of drug-likeness (QED) is 0.742. The number of fused-ring (bicyclic) bond motifs is 1. The van der Waals surface area contributed by atoms with E-state index in [1.165, 1.54) is 0 Å². The predicted octanol–water partition coefficient (Wildman–Crippen LogP) is 3.35. The number of aromatic nitrogens is 1.